The van der Waals surface area contributed by atoms with Crippen molar-refractivity contribution < 1.29 is 4.79 Å². The third-order valence-electron chi connectivity index (χ3n) is 4.22. The summed E-state index contributed by atoms with van der Waals surface area (Å²) in [4.78, 5) is 12.5. The molecule has 0 saturated heterocycles. The molecule has 0 unspecified atom stereocenters. The number of aromatic nitrogens is 6. The summed E-state index contributed by atoms with van der Waals surface area (Å²) in [6.07, 6.45) is 1.60. The molecule has 134 valence electrons. The van der Waals surface area contributed by atoms with Gasteiger partial charge in [0, 0.05) is 18.3 Å². The second-order valence-electron chi connectivity index (χ2n) is 6.05. The van der Waals surface area contributed by atoms with E-state index in [1.54, 1.807) is 10.9 Å². The standard InChI is InChI=1S/C19H17N7O/c1-13-21-23-18(25(13)2)14-7-6-8-15(11-14)20-19(27)17-12-26(24-22-17)16-9-4-3-5-10-16/h3-12H,1-2H3,(H,20,27). The highest BCUT2D eigenvalue weighted by Crippen LogP contribution is 2.21. The molecule has 2 aromatic carbocycles. The van der Waals surface area contributed by atoms with Crippen LogP contribution in [0.4, 0.5) is 5.69 Å². The van der Waals surface area contributed by atoms with Gasteiger partial charge in [-0.05, 0) is 31.2 Å². The monoisotopic (exact) mass is 359 g/mol. The molecule has 0 saturated carbocycles. The molecule has 0 aliphatic rings. The zero-order chi connectivity index (χ0) is 18.8. The first-order chi connectivity index (χ1) is 13.1. The number of nitrogens with one attached hydrogen (secondary N) is 1. The van der Waals surface area contributed by atoms with E-state index in [1.165, 1.54) is 0 Å². The molecule has 0 spiro atoms. The van der Waals surface area contributed by atoms with Crippen molar-refractivity contribution in [1.29, 1.82) is 0 Å². The number of aryl methyl sites for hydroxylation is 1. The van der Waals surface area contributed by atoms with E-state index in [0.717, 1.165) is 22.9 Å². The van der Waals surface area contributed by atoms with E-state index in [1.807, 2.05) is 73.1 Å². The van der Waals surface area contributed by atoms with Gasteiger partial charge in [0.25, 0.3) is 5.91 Å². The summed E-state index contributed by atoms with van der Waals surface area (Å²) < 4.78 is 3.46. The van der Waals surface area contributed by atoms with Gasteiger partial charge in [-0.1, -0.05) is 35.5 Å². The first kappa shape index (κ1) is 16.6. The summed E-state index contributed by atoms with van der Waals surface area (Å²) in [5, 5.41) is 19.1. The second kappa shape index (κ2) is 6.83. The van der Waals surface area contributed by atoms with Crippen LogP contribution in [-0.4, -0.2) is 35.7 Å². The van der Waals surface area contributed by atoms with E-state index in [9.17, 15) is 4.79 Å². The predicted molar refractivity (Wildman–Crippen MR) is 100 cm³/mol. The van der Waals surface area contributed by atoms with Gasteiger partial charge in [0.1, 0.15) is 5.82 Å². The fraction of sp³-hybridized carbons (Fsp3) is 0.105. The van der Waals surface area contributed by atoms with Crippen LogP contribution in [0.3, 0.4) is 0 Å². The van der Waals surface area contributed by atoms with E-state index in [0.29, 0.717) is 5.69 Å². The smallest absolute Gasteiger partial charge is 0.277 e. The van der Waals surface area contributed by atoms with Crippen LogP contribution >= 0.6 is 0 Å². The molecule has 0 atom stereocenters. The number of anilines is 1. The minimum absolute atomic E-state index is 0.235. The number of carbonyl (C=O) groups excluding carboxylic acids is 1. The summed E-state index contributed by atoms with van der Waals surface area (Å²) in [5.74, 6) is 1.22. The number of hydrogen-bond acceptors (Lipinski definition) is 5. The molecule has 4 aromatic rings. The van der Waals surface area contributed by atoms with E-state index in [-0.39, 0.29) is 11.6 Å². The Hall–Kier alpha value is -3.81. The van der Waals surface area contributed by atoms with Gasteiger partial charge in [-0.25, -0.2) is 4.68 Å². The lowest BCUT2D eigenvalue weighted by molar-refractivity contribution is 0.102. The van der Waals surface area contributed by atoms with E-state index < -0.39 is 0 Å². The molecule has 0 aliphatic carbocycles. The van der Waals surface area contributed by atoms with Crippen molar-refractivity contribution in [3.05, 3.63) is 72.3 Å². The molecule has 8 nitrogen and oxygen atoms in total. The average molecular weight is 359 g/mol. The number of carbonyl (C=O) groups is 1. The van der Waals surface area contributed by atoms with E-state index >= 15 is 0 Å². The Bertz CT molecular complexity index is 1100. The number of amides is 1. The molecule has 8 heteroatoms. The average Bonchev–Trinajstić information content (AvgIpc) is 3.31. The van der Waals surface area contributed by atoms with Crippen LogP contribution < -0.4 is 5.32 Å². The molecular formula is C19H17N7O. The first-order valence-electron chi connectivity index (χ1n) is 8.37. The first-order valence-corrected chi connectivity index (χ1v) is 8.37. The number of nitrogens with zero attached hydrogens (tertiary/aromatic N) is 6. The summed E-state index contributed by atoms with van der Waals surface area (Å²) in [5.41, 5.74) is 2.58. The lowest BCUT2D eigenvalue weighted by atomic mass is 10.2. The van der Waals surface area contributed by atoms with Crippen molar-refractivity contribution >= 4 is 11.6 Å². The fourth-order valence-corrected chi connectivity index (χ4v) is 2.66. The molecule has 0 fully saturated rings. The van der Waals surface area contributed by atoms with Gasteiger partial charge < -0.3 is 9.88 Å². The molecule has 0 aliphatic heterocycles. The molecule has 2 aromatic heterocycles. The Labute approximate surface area is 155 Å². The van der Waals surface area contributed by atoms with Gasteiger partial charge in [-0.15, -0.1) is 15.3 Å². The Morgan fingerprint density at radius 2 is 1.81 bits per heavy atom. The fourth-order valence-electron chi connectivity index (χ4n) is 2.66. The maximum atomic E-state index is 12.5. The summed E-state index contributed by atoms with van der Waals surface area (Å²) in [6.45, 7) is 1.89. The highest BCUT2D eigenvalue weighted by atomic mass is 16.2. The molecular weight excluding hydrogens is 342 g/mol. The van der Waals surface area contributed by atoms with Crippen molar-refractivity contribution in [1.82, 2.24) is 29.8 Å². The van der Waals surface area contributed by atoms with Crippen LogP contribution in [0.1, 0.15) is 16.3 Å². The Morgan fingerprint density at radius 3 is 2.56 bits per heavy atom. The lowest BCUT2D eigenvalue weighted by Crippen LogP contribution is -2.12. The third kappa shape index (κ3) is 3.32. The number of para-hydroxylation sites is 1. The van der Waals surface area contributed by atoms with Gasteiger partial charge in [-0.2, -0.15) is 0 Å². The normalized spacial score (nSPS) is 10.7. The van der Waals surface area contributed by atoms with Crippen LogP contribution in [0.25, 0.3) is 17.1 Å². The van der Waals surface area contributed by atoms with Gasteiger partial charge in [0.2, 0.25) is 0 Å². The Morgan fingerprint density at radius 1 is 1.00 bits per heavy atom. The van der Waals surface area contributed by atoms with Gasteiger partial charge in [0.05, 0.1) is 11.9 Å². The largest absolute Gasteiger partial charge is 0.321 e. The van der Waals surface area contributed by atoms with Crippen LogP contribution in [0, 0.1) is 6.92 Å². The van der Waals surface area contributed by atoms with Gasteiger partial charge in [0.15, 0.2) is 11.5 Å². The highest BCUT2D eigenvalue weighted by molar-refractivity contribution is 6.02. The van der Waals surface area contributed by atoms with Crippen molar-refractivity contribution in [3.8, 4) is 17.1 Å². The SMILES string of the molecule is Cc1nnc(-c2cccc(NC(=O)c3cn(-c4ccccc4)nn3)c2)n1C. The van der Waals surface area contributed by atoms with E-state index in [2.05, 4.69) is 25.8 Å². The molecule has 1 N–H and O–H groups in total. The molecule has 1 amide bonds. The topological polar surface area (TPSA) is 90.5 Å². The van der Waals surface area contributed by atoms with Crippen molar-refractivity contribution in [2.45, 2.75) is 6.92 Å². The third-order valence-corrected chi connectivity index (χ3v) is 4.22. The predicted octanol–water partition coefficient (Wildman–Crippen LogP) is 2.62. The zero-order valence-electron chi connectivity index (χ0n) is 14.9. The Balaban J connectivity index is 1.55. The quantitative estimate of drug-likeness (QED) is 0.605. The summed E-state index contributed by atoms with van der Waals surface area (Å²) >= 11 is 0. The molecule has 0 radical (unpaired) electrons. The number of rotatable bonds is 4. The van der Waals surface area contributed by atoms with Crippen molar-refractivity contribution in [2.75, 3.05) is 5.32 Å². The minimum atomic E-state index is -0.330. The summed E-state index contributed by atoms with van der Waals surface area (Å²) in [7, 11) is 1.90. The van der Waals surface area contributed by atoms with Crippen LogP contribution in [0.15, 0.2) is 60.8 Å². The van der Waals surface area contributed by atoms with Gasteiger partial charge in [-0.3, -0.25) is 4.79 Å². The van der Waals surface area contributed by atoms with Gasteiger partial charge >= 0.3 is 0 Å². The van der Waals surface area contributed by atoms with Crippen LogP contribution in [0.2, 0.25) is 0 Å². The number of hydrogen-bond donors (Lipinski definition) is 1. The molecule has 2 heterocycles. The Kier molecular flexibility index (Phi) is 4.21. The lowest BCUT2D eigenvalue weighted by Gasteiger charge is -2.06. The molecule has 0 bridgehead atoms. The zero-order valence-corrected chi connectivity index (χ0v) is 14.9. The maximum Gasteiger partial charge on any atom is 0.277 e. The minimum Gasteiger partial charge on any atom is -0.321 e. The van der Waals surface area contributed by atoms with Crippen LogP contribution in [-0.2, 0) is 7.05 Å². The molecule has 27 heavy (non-hydrogen) atoms. The van der Waals surface area contributed by atoms with Crippen molar-refractivity contribution in [3.63, 3.8) is 0 Å². The summed E-state index contributed by atoms with van der Waals surface area (Å²) in [6, 6.07) is 16.9. The van der Waals surface area contributed by atoms with Crippen molar-refractivity contribution in [2.24, 2.45) is 7.05 Å². The molecule has 4 rings (SSSR count). The second-order valence-corrected chi connectivity index (χ2v) is 6.05. The highest BCUT2D eigenvalue weighted by Gasteiger charge is 2.13. The maximum absolute atomic E-state index is 12.5. The number of benzene rings is 2. The van der Waals surface area contributed by atoms with Crippen LogP contribution in [0.5, 0.6) is 0 Å². The van der Waals surface area contributed by atoms with E-state index in [4.69, 9.17) is 0 Å².